The fourth-order valence-electron chi connectivity index (χ4n) is 1.96. The van der Waals surface area contributed by atoms with Crippen molar-refractivity contribution in [2.24, 2.45) is 0 Å². The molecule has 0 aromatic heterocycles. The van der Waals surface area contributed by atoms with Gasteiger partial charge in [0.15, 0.2) is 0 Å². The molecule has 0 bridgehead atoms. The van der Waals surface area contributed by atoms with Crippen LogP contribution in [-0.2, 0) is 0 Å². The van der Waals surface area contributed by atoms with Crippen molar-refractivity contribution in [3.05, 3.63) is 59.9 Å². The Labute approximate surface area is 118 Å². The number of hydrogen-bond donors (Lipinski definition) is 1. The molecule has 0 heterocycles. The van der Waals surface area contributed by atoms with Crippen LogP contribution in [0.5, 0.6) is 0 Å². The third-order valence-electron chi connectivity index (χ3n) is 2.97. The molecule has 0 spiro atoms. The molecule has 0 fully saturated rings. The van der Waals surface area contributed by atoms with E-state index in [4.69, 9.17) is 0 Å². The van der Waals surface area contributed by atoms with Gasteiger partial charge in [0.05, 0.1) is 0 Å². The molecule has 0 radical (unpaired) electrons. The van der Waals surface area contributed by atoms with E-state index < -0.39 is 0 Å². The number of urea groups is 1. The largest absolute Gasteiger partial charge is 0.326 e. The molecule has 0 unspecified atom stereocenters. The Morgan fingerprint density at radius 1 is 1.20 bits per heavy atom. The molecular weight excluding hydrogens is 255 g/mol. The number of anilines is 2. The van der Waals surface area contributed by atoms with Gasteiger partial charge in [0.1, 0.15) is 5.82 Å². The molecule has 2 rings (SSSR count). The van der Waals surface area contributed by atoms with Crippen molar-refractivity contribution in [3.8, 4) is 0 Å². The first-order valence-corrected chi connectivity index (χ1v) is 6.51. The van der Waals surface area contributed by atoms with Crippen LogP contribution in [0.4, 0.5) is 20.6 Å². The molecule has 2 amide bonds. The summed E-state index contributed by atoms with van der Waals surface area (Å²) < 4.78 is 12.8. The molecule has 20 heavy (non-hydrogen) atoms. The third kappa shape index (κ3) is 3.35. The number of aryl methyl sites for hydroxylation is 1. The monoisotopic (exact) mass is 272 g/mol. The summed E-state index contributed by atoms with van der Waals surface area (Å²) in [6, 6.07) is 13.2. The molecule has 0 aliphatic carbocycles. The van der Waals surface area contributed by atoms with Gasteiger partial charge in [0.2, 0.25) is 0 Å². The minimum Gasteiger partial charge on any atom is -0.308 e. The highest BCUT2D eigenvalue weighted by Crippen LogP contribution is 2.17. The molecule has 0 aliphatic heterocycles. The van der Waals surface area contributed by atoms with Crippen LogP contribution in [-0.4, -0.2) is 12.6 Å². The summed E-state index contributed by atoms with van der Waals surface area (Å²) in [5.41, 5.74) is 2.50. The van der Waals surface area contributed by atoms with Crippen LogP contribution in [0.3, 0.4) is 0 Å². The smallest absolute Gasteiger partial charge is 0.308 e. The minimum atomic E-state index is -0.325. The standard InChI is InChI=1S/C16H17FN2O/c1-3-19(15-6-4-5-12(2)11-15)16(20)18-14-9-7-13(17)8-10-14/h4-11H,3H2,1-2H3,(H,18,20). The first-order valence-electron chi connectivity index (χ1n) is 6.51. The molecule has 1 N–H and O–H groups in total. The highest BCUT2D eigenvalue weighted by atomic mass is 19.1. The van der Waals surface area contributed by atoms with Crippen molar-refractivity contribution in [1.82, 2.24) is 0 Å². The van der Waals surface area contributed by atoms with Crippen LogP contribution in [0, 0.1) is 12.7 Å². The summed E-state index contributed by atoms with van der Waals surface area (Å²) in [5, 5.41) is 2.76. The molecule has 0 saturated carbocycles. The maximum absolute atomic E-state index is 12.8. The zero-order valence-corrected chi connectivity index (χ0v) is 11.6. The second kappa shape index (κ2) is 6.19. The summed E-state index contributed by atoms with van der Waals surface area (Å²) in [6.07, 6.45) is 0. The van der Waals surface area contributed by atoms with Gasteiger partial charge < -0.3 is 5.32 Å². The average Bonchev–Trinajstić information content (AvgIpc) is 2.42. The predicted molar refractivity (Wildman–Crippen MR) is 79.6 cm³/mol. The molecule has 4 heteroatoms. The number of carbonyl (C=O) groups is 1. The normalized spacial score (nSPS) is 10.2. The lowest BCUT2D eigenvalue weighted by Gasteiger charge is -2.22. The summed E-state index contributed by atoms with van der Waals surface area (Å²) >= 11 is 0. The molecule has 0 aliphatic rings. The van der Waals surface area contributed by atoms with Crippen molar-refractivity contribution in [2.75, 3.05) is 16.8 Å². The molecule has 2 aromatic rings. The van der Waals surface area contributed by atoms with Gasteiger partial charge in [-0.05, 0) is 55.8 Å². The summed E-state index contributed by atoms with van der Waals surface area (Å²) in [5.74, 6) is -0.325. The van der Waals surface area contributed by atoms with Gasteiger partial charge in [-0.1, -0.05) is 12.1 Å². The fourth-order valence-corrected chi connectivity index (χ4v) is 1.96. The van der Waals surface area contributed by atoms with E-state index in [0.717, 1.165) is 11.3 Å². The van der Waals surface area contributed by atoms with Crippen LogP contribution in [0.1, 0.15) is 12.5 Å². The summed E-state index contributed by atoms with van der Waals surface area (Å²) in [4.78, 5) is 13.9. The fraction of sp³-hybridized carbons (Fsp3) is 0.188. The first-order chi connectivity index (χ1) is 9.60. The number of halogens is 1. The van der Waals surface area contributed by atoms with Crippen LogP contribution in [0.2, 0.25) is 0 Å². The molecule has 0 saturated heterocycles. The number of nitrogens with one attached hydrogen (secondary N) is 1. The highest BCUT2D eigenvalue weighted by Gasteiger charge is 2.13. The SMILES string of the molecule is CCN(C(=O)Nc1ccc(F)cc1)c1cccc(C)c1. The number of hydrogen-bond acceptors (Lipinski definition) is 1. The first kappa shape index (κ1) is 14.1. The topological polar surface area (TPSA) is 32.3 Å². The highest BCUT2D eigenvalue weighted by molar-refractivity contribution is 6.01. The molecule has 3 nitrogen and oxygen atoms in total. The zero-order valence-electron chi connectivity index (χ0n) is 11.6. The molecule has 2 aromatic carbocycles. The Bertz CT molecular complexity index is 596. The van der Waals surface area contributed by atoms with E-state index in [0.29, 0.717) is 12.2 Å². The number of benzene rings is 2. The third-order valence-corrected chi connectivity index (χ3v) is 2.97. The number of amides is 2. The maximum atomic E-state index is 12.8. The van der Waals surface area contributed by atoms with Gasteiger partial charge in [-0.15, -0.1) is 0 Å². The van der Waals surface area contributed by atoms with Gasteiger partial charge in [0, 0.05) is 17.9 Å². The maximum Gasteiger partial charge on any atom is 0.326 e. The van der Waals surface area contributed by atoms with Crippen LogP contribution in [0.15, 0.2) is 48.5 Å². The molecule has 104 valence electrons. The van der Waals surface area contributed by atoms with Gasteiger partial charge in [0.25, 0.3) is 0 Å². The van der Waals surface area contributed by atoms with E-state index in [1.807, 2.05) is 38.1 Å². The zero-order chi connectivity index (χ0) is 14.5. The number of nitrogens with zero attached hydrogens (tertiary/aromatic N) is 1. The van der Waals surface area contributed by atoms with E-state index in [1.165, 1.54) is 24.3 Å². The Morgan fingerprint density at radius 3 is 2.50 bits per heavy atom. The summed E-state index contributed by atoms with van der Waals surface area (Å²) in [7, 11) is 0. The van der Waals surface area contributed by atoms with Crippen LogP contribution < -0.4 is 10.2 Å². The lowest BCUT2D eigenvalue weighted by atomic mass is 10.2. The van der Waals surface area contributed by atoms with Crippen molar-refractivity contribution in [3.63, 3.8) is 0 Å². The van der Waals surface area contributed by atoms with E-state index in [2.05, 4.69) is 5.32 Å². The Kier molecular flexibility index (Phi) is 4.35. The second-order valence-electron chi connectivity index (χ2n) is 4.52. The van der Waals surface area contributed by atoms with Crippen LogP contribution >= 0.6 is 0 Å². The van der Waals surface area contributed by atoms with Crippen molar-refractivity contribution in [2.45, 2.75) is 13.8 Å². The lowest BCUT2D eigenvalue weighted by molar-refractivity contribution is 0.257. The second-order valence-corrected chi connectivity index (χ2v) is 4.52. The van der Waals surface area contributed by atoms with Crippen molar-refractivity contribution >= 4 is 17.4 Å². The number of carbonyl (C=O) groups excluding carboxylic acids is 1. The Hall–Kier alpha value is -2.36. The van der Waals surface area contributed by atoms with Gasteiger partial charge in [-0.25, -0.2) is 9.18 Å². The Balaban J connectivity index is 2.15. The Morgan fingerprint density at radius 2 is 1.90 bits per heavy atom. The predicted octanol–water partition coefficient (Wildman–Crippen LogP) is 4.19. The van der Waals surface area contributed by atoms with Crippen LogP contribution in [0.25, 0.3) is 0 Å². The molecule has 0 atom stereocenters. The van der Waals surface area contributed by atoms with Crippen molar-refractivity contribution < 1.29 is 9.18 Å². The quantitative estimate of drug-likeness (QED) is 0.892. The van der Waals surface area contributed by atoms with Gasteiger partial charge in [-0.2, -0.15) is 0 Å². The van der Waals surface area contributed by atoms with Crippen molar-refractivity contribution in [1.29, 1.82) is 0 Å². The summed E-state index contributed by atoms with van der Waals surface area (Å²) in [6.45, 7) is 4.44. The minimum absolute atomic E-state index is 0.232. The van der Waals surface area contributed by atoms with E-state index in [1.54, 1.807) is 4.90 Å². The van der Waals surface area contributed by atoms with Gasteiger partial charge in [-0.3, -0.25) is 4.90 Å². The lowest BCUT2D eigenvalue weighted by Crippen LogP contribution is -2.34. The number of rotatable bonds is 3. The van der Waals surface area contributed by atoms with E-state index in [-0.39, 0.29) is 11.8 Å². The van der Waals surface area contributed by atoms with Gasteiger partial charge >= 0.3 is 6.03 Å². The average molecular weight is 272 g/mol. The molecular formula is C16H17FN2O. The van der Waals surface area contributed by atoms with E-state index in [9.17, 15) is 9.18 Å². The van der Waals surface area contributed by atoms with E-state index >= 15 is 0 Å².